The van der Waals surface area contributed by atoms with Gasteiger partial charge >= 0.3 is 10.1 Å². The Bertz CT molecular complexity index is 1440. The van der Waals surface area contributed by atoms with E-state index in [9.17, 15) is 13.2 Å². The minimum absolute atomic E-state index is 0.0552. The summed E-state index contributed by atoms with van der Waals surface area (Å²) < 4.78 is 42.8. The minimum Gasteiger partial charge on any atom is -0.497 e. The van der Waals surface area contributed by atoms with Crippen LogP contribution in [0.4, 0.5) is 11.4 Å². The van der Waals surface area contributed by atoms with Gasteiger partial charge in [0.15, 0.2) is 6.10 Å². The van der Waals surface area contributed by atoms with Gasteiger partial charge < -0.3 is 13.7 Å². The van der Waals surface area contributed by atoms with E-state index in [0.29, 0.717) is 30.1 Å². The summed E-state index contributed by atoms with van der Waals surface area (Å²) in [7, 11) is -2.76. The number of nitrogens with zero attached hydrogens (tertiary/aromatic N) is 4. The molecule has 1 saturated heterocycles. The molecule has 0 unspecified atom stereocenters. The molecular formula is C29H34N4O6S. The number of terminal acetylenes is 1. The van der Waals surface area contributed by atoms with Crippen LogP contribution in [0.25, 0.3) is 0 Å². The predicted octanol–water partition coefficient (Wildman–Crippen LogP) is 4.94. The molecule has 1 amide bonds. The zero-order chi connectivity index (χ0) is 29.4. The van der Waals surface area contributed by atoms with Crippen molar-refractivity contribution < 1.29 is 26.9 Å². The van der Waals surface area contributed by atoms with E-state index in [1.54, 1.807) is 61.5 Å². The normalized spacial score (nSPS) is 17.4. The molecule has 3 rings (SSSR count). The maximum Gasteiger partial charge on any atom is 0.341 e. The molecule has 1 aliphatic rings. The van der Waals surface area contributed by atoms with Gasteiger partial charge in [-0.3, -0.25) is 14.7 Å². The lowest BCUT2D eigenvalue weighted by molar-refractivity contribution is -0.138. The van der Waals surface area contributed by atoms with E-state index in [2.05, 4.69) is 22.8 Å². The van der Waals surface area contributed by atoms with E-state index in [0.717, 1.165) is 5.56 Å². The average molecular weight is 567 g/mol. The Hall–Kier alpha value is -4.14. The number of hydrogen-bond donors (Lipinski definition) is 0. The van der Waals surface area contributed by atoms with Crippen molar-refractivity contribution in [3.63, 3.8) is 0 Å². The summed E-state index contributed by atoms with van der Waals surface area (Å²) in [6, 6.07) is 11.1. The van der Waals surface area contributed by atoms with Crippen LogP contribution >= 0.6 is 0 Å². The number of methoxy groups -OCH3 is 1. The highest BCUT2D eigenvalue weighted by Crippen LogP contribution is 2.34. The topological polar surface area (TPSA) is 110 Å². The van der Waals surface area contributed by atoms with Gasteiger partial charge in [-0.15, -0.1) is 11.5 Å². The fourth-order valence-electron chi connectivity index (χ4n) is 3.97. The molecule has 0 saturated carbocycles. The number of allylic oxidation sites excluding steroid dienone is 1. The number of ether oxygens (including phenoxy) is 2. The van der Waals surface area contributed by atoms with E-state index < -0.39 is 22.3 Å². The van der Waals surface area contributed by atoms with Gasteiger partial charge in [-0.05, 0) is 75.2 Å². The number of anilines is 1. The molecular weight excluding hydrogens is 532 g/mol. The smallest absolute Gasteiger partial charge is 0.341 e. The van der Waals surface area contributed by atoms with Crippen LogP contribution in [-0.4, -0.2) is 58.3 Å². The van der Waals surface area contributed by atoms with Crippen LogP contribution in [0.5, 0.6) is 5.75 Å². The molecule has 1 aliphatic heterocycles. The fraction of sp³-hybridized carbons (Fsp3) is 0.345. The first-order valence-corrected chi connectivity index (χ1v) is 14.1. The number of benzene rings is 2. The lowest BCUT2D eigenvalue weighted by Crippen LogP contribution is -2.65. The summed E-state index contributed by atoms with van der Waals surface area (Å²) in [4.78, 5) is 14.3. The molecule has 212 valence electrons. The molecule has 0 bridgehead atoms. The number of amides is 1. The van der Waals surface area contributed by atoms with Gasteiger partial charge in [0, 0.05) is 18.8 Å². The zero-order valence-electron chi connectivity index (χ0n) is 23.3. The fourth-order valence-corrected chi connectivity index (χ4v) is 5.04. The average Bonchev–Trinajstić information content (AvgIpc) is 2.93. The summed E-state index contributed by atoms with van der Waals surface area (Å²) in [5.41, 5.74) is 1.97. The van der Waals surface area contributed by atoms with E-state index in [4.69, 9.17) is 20.1 Å². The first-order chi connectivity index (χ1) is 19.1. The van der Waals surface area contributed by atoms with Crippen LogP contribution in [0.2, 0.25) is 0 Å². The summed E-state index contributed by atoms with van der Waals surface area (Å²) in [5.74, 6) is 2.61. The number of aryl methyl sites for hydroxylation is 1. The second-order valence-electron chi connectivity index (χ2n) is 8.94. The van der Waals surface area contributed by atoms with Gasteiger partial charge in [0.2, 0.25) is 0 Å². The molecule has 0 radical (unpaired) electrons. The van der Waals surface area contributed by atoms with E-state index in [-0.39, 0.29) is 28.9 Å². The molecule has 11 heteroatoms. The van der Waals surface area contributed by atoms with Crippen molar-refractivity contribution in [2.24, 2.45) is 10.3 Å². The van der Waals surface area contributed by atoms with Gasteiger partial charge in [-0.1, -0.05) is 29.9 Å². The molecule has 2 atom stereocenters. The number of rotatable bonds is 13. The molecule has 40 heavy (non-hydrogen) atoms. The largest absolute Gasteiger partial charge is 0.497 e. The second-order valence-corrected chi connectivity index (χ2v) is 10.5. The Kier molecular flexibility index (Phi) is 10.1. The highest BCUT2D eigenvalue weighted by molar-refractivity contribution is 7.87. The van der Waals surface area contributed by atoms with E-state index >= 15 is 0 Å². The van der Waals surface area contributed by atoms with Crippen molar-refractivity contribution in [3.8, 4) is 18.1 Å². The Morgan fingerprint density at radius 1 is 1.20 bits per heavy atom. The maximum atomic E-state index is 13.3. The number of carbonyl (C=O) groups excluding carboxylic acids is 1. The van der Waals surface area contributed by atoms with Crippen molar-refractivity contribution >= 4 is 27.4 Å². The van der Waals surface area contributed by atoms with Crippen molar-refractivity contribution in [1.82, 2.24) is 5.01 Å². The molecule has 0 aliphatic carbocycles. The third-order valence-corrected chi connectivity index (χ3v) is 7.55. The Morgan fingerprint density at radius 2 is 1.88 bits per heavy atom. The van der Waals surface area contributed by atoms with Crippen LogP contribution < -0.4 is 9.64 Å². The molecule has 0 N–H and O–H groups in total. The second kappa shape index (κ2) is 13.3. The zero-order valence-corrected chi connectivity index (χ0v) is 24.1. The lowest BCUT2D eigenvalue weighted by Gasteiger charge is -2.45. The Balaban J connectivity index is 1.87. The standard InChI is InChI=1S/C29H34N4O6S/c1-8-17-38-28-26(33(29(28)34)23-12-14-24(37-7)15-13-23)19-21(5)22(6)39-40(35,36)27-16-11-20(4)18-25(27)30-31-32(9-2)10-3/h1,11-16,18-19,26,28H,6,9-10,17H2,2-5,7H3/b21-19+,31-30?/t26-,28+/m0/s1. The molecule has 0 aromatic heterocycles. The summed E-state index contributed by atoms with van der Waals surface area (Å²) in [6.45, 7) is 12.3. The molecule has 0 spiro atoms. The van der Waals surface area contributed by atoms with Crippen LogP contribution in [0.3, 0.4) is 0 Å². The third-order valence-electron chi connectivity index (χ3n) is 6.25. The third kappa shape index (κ3) is 6.89. The first kappa shape index (κ1) is 30.4. The number of β-lactam (4-membered cyclic amide) rings is 1. The summed E-state index contributed by atoms with van der Waals surface area (Å²) >= 11 is 0. The summed E-state index contributed by atoms with van der Waals surface area (Å²) in [5, 5.41) is 9.99. The van der Waals surface area contributed by atoms with Gasteiger partial charge in [-0.2, -0.15) is 8.42 Å². The lowest BCUT2D eigenvalue weighted by atomic mass is 9.94. The number of carbonyl (C=O) groups is 1. The van der Waals surface area contributed by atoms with Crippen LogP contribution in [0.1, 0.15) is 26.3 Å². The Morgan fingerprint density at radius 3 is 2.48 bits per heavy atom. The Labute approximate surface area is 236 Å². The van der Waals surface area contributed by atoms with Crippen molar-refractivity contribution in [1.29, 1.82) is 0 Å². The van der Waals surface area contributed by atoms with Gasteiger partial charge in [-0.25, -0.2) is 0 Å². The van der Waals surface area contributed by atoms with Crippen LogP contribution in [0.15, 0.2) is 81.7 Å². The summed E-state index contributed by atoms with van der Waals surface area (Å²) in [6.07, 6.45) is 6.15. The highest BCUT2D eigenvalue weighted by atomic mass is 32.2. The minimum atomic E-state index is -4.31. The monoisotopic (exact) mass is 566 g/mol. The van der Waals surface area contributed by atoms with Crippen molar-refractivity contribution in [2.45, 2.75) is 44.7 Å². The molecule has 2 aromatic rings. The highest BCUT2D eigenvalue weighted by Gasteiger charge is 2.48. The molecule has 1 fully saturated rings. The van der Waals surface area contributed by atoms with Crippen LogP contribution in [0, 0.1) is 19.3 Å². The van der Waals surface area contributed by atoms with E-state index in [1.807, 2.05) is 20.8 Å². The van der Waals surface area contributed by atoms with Gasteiger partial charge in [0.05, 0.1) is 13.2 Å². The predicted molar refractivity (Wildman–Crippen MR) is 153 cm³/mol. The molecule has 1 heterocycles. The van der Waals surface area contributed by atoms with Gasteiger partial charge in [0.1, 0.15) is 28.7 Å². The SMILES string of the molecule is C#CCO[C@H]1C(=O)N(c2ccc(OC)cc2)[C@H]1/C=C(\C)C(=C)OS(=O)(=O)c1ccc(C)cc1N=NN(CC)CC. The number of hydrogen-bond acceptors (Lipinski definition) is 8. The maximum absolute atomic E-state index is 13.3. The van der Waals surface area contributed by atoms with Crippen molar-refractivity contribution in [3.05, 3.63) is 72.0 Å². The van der Waals surface area contributed by atoms with Gasteiger partial charge in [0.25, 0.3) is 5.91 Å². The van der Waals surface area contributed by atoms with Crippen LogP contribution in [-0.2, 0) is 23.8 Å². The van der Waals surface area contributed by atoms with Crippen molar-refractivity contribution in [2.75, 3.05) is 31.7 Å². The first-order valence-electron chi connectivity index (χ1n) is 12.7. The van der Waals surface area contributed by atoms with E-state index in [1.165, 1.54) is 11.0 Å². The molecule has 2 aromatic carbocycles. The molecule has 10 nitrogen and oxygen atoms in total. The quantitative estimate of drug-likeness (QED) is 0.0642.